The molecule has 0 saturated carbocycles. The standard InChI is InChI=1S/C8H9NO4S/c1-6(10)13-9-7-2-4-8(5-3-7)14(11)12/h2-5,9H,1H3,(H,11,12)/p-1. The molecule has 0 radical (unpaired) electrons. The summed E-state index contributed by atoms with van der Waals surface area (Å²) in [6, 6.07) is 5.78. The molecule has 6 heteroatoms. The maximum Gasteiger partial charge on any atom is 0.329 e. The van der Waals surface area contributed by atoms with Crippen molar-refractivity contribution in [2.45, 2.75) is 11.8 Å². The summed E-state index contributed by atoms with van der Waals surface area (Å²) in [4.78, 5) is 15.1. The number of benzene rings is 1. The summed E-state index contributed by atoms with van der Waals surface area (Å²) in [5.41, 5.74) is 2.87. The molecule has 0 aliphatic rings. The molecule has 0 aliphatic heterocycles. The first-order valence-electron chi connectivity index (χ1n) is 3.72. The fourth-order valence-electron chi connectivity index (χ4n) is 0.765. The Morgan fingerprint density at radius 1 is 1.43 bits per heavy atom. The Kier molecular flexibility index (Phi) is 3.61. The van der Waals surface area contributed by atoms with Crippen LogP contribution in [0.3, 0.4) is 0 Å². The van der Waals surface area contributed by atoms with E-state index in [9.17, 15) is 13.6 Å². The van der Waals surface area contributed by atoms with Gasteiger partial charge in [-0.2, -0.15) is 0 Å². The van der Waals surface area contributed by atoms with E-state index in [1.54, 1.807) is 0 Å². The number of carbonyl (C=O) groups is 1. The zero-order chi connectivity index (χ0) is 10.6. The first-order valence-corrected chi connectivity index (χ1v) is 4.80. The van der Waals surface area contributed by atoms with Crippen LogP contribution in [0.5, 0.6) is 0 Å². The van der Waals surface area contributed by atoms with Gasteiger partial charge in [-0.1, -0.05) is 0 Å². The van der Waals surface area contributed by atoms with Crippen molar-refractivity contribution in [1.82, 2.24) is 0 Å². The molecule has 1 aromatic carbocycles. The molecule has 0 saturated heterocycles. The highest BCUT2D eigenvalue weighted by molar-refractivity contribution is 7.79. The summed E-state index contributed by atoms with van der Waals surface area (Å²) in [5.74, 6) is -0.471. The number of rotatable bonds is 3. The van der Waals surface area contributed by atoms with Crippen molar-refractivity contribution in [2.75, 3.05) is 5.48 Å². The minimum absolute atomic E-state index is 0.179. The van der Waals surface area contributed by atoms with E-state index in [2.05, 4.69) is 10.3 Å². The van der Waals surface area contributed by atoms with Gasteiger partial charge in [0.15, 0.2) is 0 Å². The number of anilines is 1. The maximum absolute atomic E-state index is 10.5. The van der Waals surface area contributed by atoms with Crippen molar-refractivity contribution in [2.24, 2.45) is 0 Å². The lowest BCUT2D eigenvalue weighted by Gasteiger charge is -2.07. The van der Waals surface area contributed by atoms with Gasteiger partial charge in [-0.05, 0) is 35.3 Å². The lowest BCUT2D eigenvalue weighted by molar-refractivity contribution is -0.138. The molecule has 1 atom stereocenters. The Morgan fingerprint density at radius 3 is 2.43 bits per heavy atom. The zero-order valence-corrected chi connectivity index (χ0v) is 8.17. The van der Waals surface area contributed by atoms with E-state index in [4.69, 9.17) is 0 Å². The Bertz CT molecular complexity index is 349. The fourth-order valence-corrected chi connectivity index (χ4v) is 1.12. The molecule has 0 spiro atoms. The van der Waals surface area contributed by atoms with Gasteiger partial charge < -0.3 is 9.39 Å². The third kappa shape index (κ3) is 3.15. The minimum Gasteiger partial charge on any atom is -0.768 e. The fraction of sp³-hybridized carbons (Fsp3) is 0.125. The van der Waals surface area contributed by atoms with Crippen LogP contribution < -0.4 is 5.48 Å². The SMILES string of the molecule is CC(=O)ONc1ccc(S(=O)[O-])cc1. The van der Waals surface area contributed by atoms with Crippen LogP contribution in [-0.4, -0.2) is 14.7 Å². The van der Waals surface area contributed by atoms with E-state index >= 15 is 0 Å². The van der Waals surface area contributed by atoms with Gasteiger partial charge in [0.2, 0.25) is 0 Å². The van der Waals surface area contributed by atoms with E-state index in [1.165, 1.54) is 31.2 Å². The average molecular weight is 214 g/mol. The Balaban J connectivity index is 2.64. The zero-order valence-electron chi connectivity index (χ0n) is 7.35. The lowest BCUT2D eigenvalue weighted by Crippen LogP contribution is -2.05. The molecule has 0 aromatic heterocycles. The topological polar surface area (TPSA) is 78.5 Å². The van der Waals surface area contributed by atoms with E-state index in [1.807, 2.05) is 0 Å². The second-order valence-electron chi connectivity index (χ2n) is 2.45. The van der Waals surface area contributed by atoms with Crippen LogP contribution in [0, 0.1) is 0 Å². The van der Waals surface area contributed by atoms with E-state index in [-0.39, 0.29) is 4.90 Å². The smallest absolute Gasteiger partial charge is 0.329 e. The van der Waals surface area contributed by atoms with Gasteiger partial charge in [0.1, 0.15) is 0 Å². The van der Waals surface area contributed by atoms with E-state index in [0.717, 1.165) is 0 Å². The molecule has 5 nitrogen and oxygen atoms in total. The average Bonchev–Trinajstić information content (AvgIpc) is 2.15. The van der Waals surface area contributed by atoms with Crippen molar-refractivity contribution in [3.63, 3.8) is 0 Å². The normalized spacial score (nSPS) is 11.9. The van der Waals surface area contributed by atoms with Crippen LogP contribution in [0.2, 0.25) is 0 Å². The van der Waals surface area contributed by atoms with Crippen LogP contribution >= 0.6 is 0 Å². The summed E-state index contributed by atoms with van der Waals surface area (Å²) in [6.45, 7) is 1.26. The molecule has 0 bridgehead atoms. The van der Waals surface area contributed by atoms with Gasteiger partial charge in [-0.25, -0.2) is 5.48 Å². The van der Waals surface area contributed by atoms with Crippen LogP contribution in [0.25, 0.3) is 0 Å². The van der Waals surface area contributed by atoms with Gasteiger partial charge in [0, 0.05) is 11.8 Å². The number of hydrogen-bond acceptors (Lipinski definition) is 5. The highest BCUT2D eigenvalue weighted by Crippen LogP contribution is 2.11. The Hall–Kier alpha value is -1.40. The number of carbonyl (C=O) groups excluding carboxylic acids is 1. The van der Waals surface area contributed by atoms with Crippen molar-refractivity contribution < 1.29 is 18.4 Å². The van der Waals surface area contributed by atoms with E-state index < -0.39 is 17.0 Å². The van der Waals surface area contributed by atoms with Crippen LogP contribution in [0.15, 0.2) is 29.2 Å². The van der Waals surface area contributed by atoms with Gasteiger partial charge >= 0.3 is 5.97 Å². The molecule has 1 N–H and O–H groups in total. The molecule has 0 amide bonds. The lowest BCUT2D eigenvalue weighted by atomic mass is 10.3. The van der Waals surface area contributed by atoms with Crippen molar-refractivity contribution in [1.29, 1.82) is 0 Å². The first kappa shape index (κ1) is 10.7. The van der Waals surface area contributed by atoms with Crippen molar-refractivity contribution in [3.8, 4) is 0 Å². The molecule has 1 unspecified atom stereocenters. The van der Waals surface area contributed by atoms with Crippen LogP contribution in [-0.2, 0) is 20.7 Å². The van der Waals surface area contributed by atoms with Gasteiger partial charge in [-0.15, -0.1) is 0 Å². The van der Waals surface area contributed by atoms with Crippen molar-refractivity contribution in [3.05, 3.63) is 24.3 Å². The van der Waals surface area contributed by atoms with Crippen LogP contribution in [0.1, 0.15) is 6.92 Å². The van der Waals surface area contributed by atoms with E-state index in [0.29, 0.717) is 5.69 Å². The molecular weight excluding hydrogens is 206 g/mol. The Morgan fingerprint density at radius 2 is 2.00 bits per heavy atom. The monoisotopic (exact) mass is 214 g/mol. The number of nitrogens with one attached hydrogen (secondary N) is 1. The van der Waals surface area contributed by atoms with Gasteiger partial charge in [-0.3, -0.25) is 9.00 Å². The predicted molar refractivity (Wildman–Crippen MR) is 49.0 cm³/mol. The highest BCUT2D eigenvalue weighted by Gasteiger charge is 1.95. The summed E-state index contributed by atoms with van der Waals surface area (Å²) in [6.07, 6.45) is 0. The van der Waals surface area contributed by atoms with Gasteiger partial charge in [0.25, 0.3) is 0 Å². The molecular formula is C8H8NO4S-. The number of hydrogen-bond donors (Lipinski definition) is 1. The summed E-state index contributed by atoms with van der Waals surface area (Å²) in [5, 5.41) is 0. The van der Waals surface area contributed by atoms with Crippen molar-refractivity contribution >= 4 is 22.7 Å². The molecule has 0 heterocycles. The molecule has 14 heavy (non-hydrogen) atoms. The molecule has 0 fully saturated rings. The second-order valence-corrected chi connectivity index (χ2v) is 3.40. The molecule has 1 aromatic rings. The van der Waals surface area contributed by atoms with Gasteiger partial charge in [0.05, 0.1) is 5.69 Å². The molecule has 0 aliphatic carbocycles. The highest BCUT2D eigenvalue weighted by atomic mass is 32.2. The Labute approximate surface area is 83.3 Å². The minimum atomic E-state index is -2.24. The quantitative estimate of drug-likeness (QED) is 0.595. The largest absolute Gasteiger partial charge is 0.768 e. The maximum atomic E-state index is 10.5. The first-order chi connectivity index (χ1) is 6.59. The summed E-state index contributed by atoms with van der Waals surface area (Å²) >= 11 is -2.24. The third-order valence-electron chi connectivity index (χ3n) is 1.36. The molecule has 76 valence electrons. The molecule has 1 rings (SSSR count). The summed E-state index contributed by atoms with van der Waals surface area (Å²) < 4.78 is 20.9. The third-order valence-corrected chi connectivity index (χ3v) is 2.02. The van der Waals surface area contributed by atoms with Crippen LogP contribution in [0.4, 0.5) is 5.69 Å². The second kappa shape index (κ2) is 4.73. The predicted octanol–water partition coefficient (Wildman–Crippen LogP) is 0.815. The summed E-state index contributed by atoms with van der Waals surface area (Å²) in [7, 11) is 0.